The van der Waals surface area contributed by atoms with Crippen LogP contribution in [0.2, 0.25) is 0 Å². The highest BCUT2D eigenvalue weighted by molar-refractivity contribution is 9.10. The van der Waals surface area contributed by atoms with Crippen LogP contribution in [0, 0.1) is 0 Å². The second-order valence-electron chi connectivity index (χ2n) is 7.61. The van der Waals surface area contributed by atoms with Crippen molar-refractivity contribution in [3.63, 3.8) is 0 Å². The molecular weight excluding hydrogens is 500 g/mol. The summed E-state index contributed by atoms with van der Waals surface area (Å²) in [7, 11) is 1.50. The lowest BCUT2D eigenvalue weighted by atomic mass is 10.1. The molecule has 1 heterocycles. The lowest BCUT2D eigenvalue weighted by Gasteiger charge is -2.15. The molecule has 0 saturated heterocycles. The van der Waals surface area contributed by atoms with E-state index in [9.17, 15) is 9.59 Å². The number of hydrogen-bond donors (Lipinski definition) is 1. The van der Waals surface area contributed by atoms with Crippen LogP contribution < -0.4 is 20.8 Å². The predicted octanol–water partition coefficient (Wildman–Crippen LogP) is 3.99. The highest BCUT2D eigenvalue weighted by Crippen LogP contribution is 2.33. The normalized spacial score (nSPS) is 11.1. The zero-order valence-electron chi connectivity index (χ0n) is 19.2. The van der Waals surface area contributed by atoms with E-state index < -0.39 is 5.91 Å². The number of unbranched alkanes of at least 4 members (excludes halogenated alkanes) is 1. The van der Waals surface area contributed by atoms with Crippen molar-refractivity contribution in [1.29, 1.82) is 0 Å². The molecule has 0 radical (unpaired) electrons. The number of carbonyl (C=O) groups excluding carboxylic acids is 1. The number of aromatic nitrogens is 2. The van der Waals surface area contributed by atoms with Gasteiger partial charge in [0.1, 0.15) is 5.82 Å². The minimum absolute atomic E-state index is 0.242. The van der Waals surface area contributed by atoms with E-state index in [0.717, 1.165) is 22.9 Å². The summed E-state index contributed by atoms with van der Waals surface area (Å²) in [4.78, 5) is 29.2. The number of fused-ring (bicyclic) bond motifs is 1. The molecule has 9 heteroatoms. The smallest absolute Gasteiger partial charge is 0.282 e. The molecule has 2 N–H and O–H groups in total. The maximum absolute atomic E-state index is 13.3. The number of primary amides is 1. The van der Waals surface area contributed by atoms with E-state index in [1.54, 1.807) is 24.4 Å². The molecule has 0 saturated carbocycles. The Morgan fingerprint density at radius 2 is 2.12 bits per heavy atom. The van der Waals surface area contributed by atoms with Crippen molar-refractivity contribution in [2.75, 3.05) is 13.7 Å². The van der Waals surface area contributed by atoms with Crippen LogP contribution in [-0.2, 0) is 17.6 Å². The number of rotatable bonds is 11. The van der Waals surface area contributed by atoms with E-state index in [1.165, 1.54) is 11.8 Å². The molecule has 3 rings (SSSR count). The van der Waals surface area contributed by atoms with Gasteiger partial charge in [0.05, 0.1) is 24.2 Å². The van der Waals surface area contributed by atoms with Crippen molar-refractivity contribution in [3.8, 4) is 11.5 Å². The molecule has 0 spiro atoms. The number of methoxy groups -OCH3 is 1. The van der Waals surface area contributed by atoms with Crippen LogP contribution in [0.3, 0.4) is 0 Å². The van der Waals surface area contributed by atoms with Gasteiger partial charge in [-0.3, -0.25) is 9.59 Å². The van der Waals surface area contributed by atoms with Crippen LogP contribution in [0.4, 0.5) is 0 Å². The Balaban J connectivity index is 2.10. The summed E-state index contributed by atoms with van der Waals surface area (Å²) in [5.74, 6) is 0.835. The SMILES string of the molecule is C=CCc1cc(C=Nn2c(CCCC)nc3ccc(Br)cc3c2=O)cc(OC)c1OCC(N)=O. The second-order valence-corrected chi connectivity index (χ2v) is 8.53. The maximum Gasteiger partial charge on any atom is 0.282 e. The molecule has 178 valence electrons. The fourth-order valence-electron chi connectivity index (χ4n) is 3.46. The summed E-state index contributed by atoms with van der Waals surface area (Å²) >= 11 is 3.42. The van der Waals surface area contributed by atoms with Crippen LogP contribution in [-0.4, -0.2) is 35.5 Å². The number of carbonyl (C=O) groups is 1. The summed E-state index contributed by atoms with van der Waals surface area (Å²) < 4.78 is 13.2. The minimum Gasteiger partial charge on any atom is -0.493 e. The van der Waals surface area contributed by atoms with E-state index in [2.05, 4.69) is 39.5 Å². The van der Waals surface area contributed by atoms with Crippen LogP contribution in [0.15, 0.2) is 57.4 Å². The number of amides is 1. The zero-order chi connectivity index (χ0) is 24.7. The lowest BCUT2D eigenvalue weighted by Crippen LogP contribution is -2.22. The van der Waals surface area contributed by atoms with Crippen LogP contribution in [0.25, 0.3) is 10.9 Å². The maximum atomic E-state index is 13.3. The first kappa shape index (κ1) is 25.2. The molecule has 1 amide bonds. The molecule has 0 aliphatic carbocycles. The van der Waals surface area contributed by atoms with Crippen molar-refractivity contribution in [1.82, 2.24) is 9.66 Å². The first-order chi connectivity index (χ1) is 16.4. The van der Waals surface area contributed by atoms with Crippen molar-refractivity contribution in [3.05, 3.63) is 74.8 Å². The van der Waals surface area contributed by atoms with E-state index in [1.807, 2.05) is 18.2 Å². The Morgan fingerprint density at radius 3 is 2.79 bits per heavy atom. The molecule has 3 aromatic rings. The summed E-state index contributed by atoms with van der Waals surface area (Å²) in [5, 5.41) is 4.97. The molecule has 8 nitrogen and oxygen atoms in total. The molecule has 0 aliphatic rings. The van der Waals surface area contributed by atoms with Gasteiger partial charge in [-0.15, -0.1) is 6.58 Å². The number of benzene rings is 2. The molecule has 0 fully saturated rings. The van der Waals surface area contributed by atoms with E-state index >= 15 is 0 Å². The molecule has 34 heavy (non-hydrogen) atoms. The monoisotopic (exact) mass is 526 g/mol. The first-order valence-electron chi connectivity index (χ1n) is 10.9. The Bertz CT molecular complexity index is 1300. The van der Waals surface area contributed by atoms with Crippen molar-refractivity contribution >= 4 is 39.0 Å². The van der Waals surface area contributed by atoms with E-state index in [0.29, 0.717) is 46.6 Å². The standard InChI is InChI=1S/C25H27BrN4O4/c1-4-6-8-23-29-20-10-9-18(26)13-19(20)25(32)30(23)28-14-16-11-17(7-5-2)24(21(12-16)33-3)34-15-22(27)31/h5,9-14H,2,4,6-8,15H2,1,3H3,(H2,27,31). The quantitative estimate of drug-likeness (QED) is 0.300. The van der Waals surface area contributed by atoms with Gasteiger partial charge in [-0.1, -0.05) is 35.4 Å². The third-order valence-corrected chi connectivity index (χ3v) is 5.54. The van der Waals surface area contributed by atoms with Crippen LogP contribution in [0.1, 0.15) is 36.7 Å². The topological polar surface area (TPSA) is 109 Å². The van der Waals surface area contributed by atoms with Gasteiger partial charge in [-0.2, -0.15) is 9.78 Å². The van der Waals surface area contributed by atoms with E-state index in [-0.39, 0.29) is 12.2 Å². The average molecular weight is 527 g/mol. The Kier molecular flexibility index (Phi) is 8.59. The molecular formula is C25H27BrN4O4. The van der Waals surface area contributed by atoms with Crippen molar-refractivity contribution < 1.29 is 14.3 Å². The van der Waals surface area contributed by atoms with Crippen LogP contribution in [0.5, 0.6) is 11.5 Å². The fraction of sp³-hybridized carbons (Fsp3) is 0.280. The predicted molar refractivity (Wildman–Crippen MR) is 137 cm³/mol. The molecule has 2 aromatic carbocycles. The van der Waals surface area contributed by atoms with Gasteiger partial charge in [-0.05, 0) is 48.7 Å². The highest BCUT2D eigenvalue weighted by atomic mass is 79.9. The van der Waals surface area contributed by atoms with E-state index in [4.69, 9.17) is 15.2 Å². The molecule has 1 aromatic heterocycles. The molecule has 0 atom stereocenters. The number of halogens is 1. The number of allylic oxidation sites excluding steroid dienone is 1. The summed E-state index contributed by atoms with van der Waals surface area (Å²) in [5.41, 5.74) is 7.05. The van der Waals surface area contributed by atoms with Gasteiger partial charge in [0.15, 0.2) is 18.1 Å². The molecule has 0 bridgehead atoms. The minimum atomic E-state index is -0.591. The van der Waals surface area contributed by atoms with Gasteiger partial charge in [-0.25, -0.2) is 4.98 Å². The third kappa shape index (κ3) is 5.91. The summed E-state index contributed by atoms with van der Waals surface area (Å²) in [6, 6.07) is 8.99. The number of hydrogen-bond acceptors (Lipinski definition) is 6. The van der Waals surface area contributed by atoms with Gasteiger partial charge in [0.2, 0.25) is 0 Å². The average Bonchev–Trinajstić information content (AvgIpc) is 2.81. The number of nitrogens with zero attached hydrogens (tertiary/aromatic N) is 3. The largest absolute Gasteiger partial charge is 0.493 e. The Morgan fingerprint density at radius 1 is 1.32 bits per heavy atom. The van der Waals surface area contributed by atoms with Gasteiger partial charge in [0, 0.05) is 16.5 Å². The Labute approximate surface area is 206 Å². The zero-order valence-corrected chi connectivity index (χ0v) is 20.8. The number of nitrogens with two attached hydrogens (primary N) is 1. The van der Waals surface area contributed by atoms with Gasteiger partial charge < -0.3 is 15.2 Å². The lowest BCUT2D eigenvalue weighted by molar-refractivity contribution is -0.119. The summed E-state index contributed by atoms with van der Waals surface area (Å²) in [6.07, 6.45) is 6.24. The molecule has 0 aliphatic heterocycles. The molecule has 0 unspecified atom stereocenters. The highest BCUT2D eigenvalue weighted by Gasteiger charge is 2.14. The first-order valence-corrected chi connectivity index (χ1v) is 11.7. The van der Waals surface area contributed by atoms with Crippen molar-refractivity contribution in [2.45, 2.75) is 32.6 Å². The van der Waals surface area contributed by atoms with Gasteiger partial charge >= 0.3 is 0 Å². The second kappa shape index (κ2) is 11.6. The number of ether oxygens (including phenoxy) is 2. The van der Waals surface area contributed by atoms with Crippen molar-refractivity contribution in [2.24, 2.45) is 10.8 Å². The fourth-order valence-corrected chi connectivity index (χ4v) is 3.82. The Hall–Kier alpha value is -3.46. The van der Waals surface area contributed by atoms with Crippen LogP contribution >= 0.6 is 15.9 Å². The number of aryl methyl sites for hydroxylation is 1. The third-order valence-electron chi connectivity index (χ3n) is 5.05. The van der Waals surface area contributed by atoms with Gasteiger partial charge in [0.25, 0.3) is 11.5 Å². The summed E-state index contributed by atoms with van der Waals surface area (Å²) in [6.45, 7) is 5.59.